The highest BCUT2D eigenvalue weighted by atomic mass is 16.5. The number of benzene rings is 1. The molecule has 22 heavy (non-hydrogen) atoms. The Hall–Kier alpha value is -2.30. The number of hydrogen-bond donors (Lipinski definition) is 0. The van der Waals surface area contributed by atoms with Crippen LogP contribution in [0.15, 0.2) is 21.3 Å². The molecule has 0 N–H and O–H groups in total. The van der Waals surface area contributed by atoms with Gasteiger partial charge in [-0.3, -0.25) is 4.79 Å². The third kappa shape index (κ3) is 3.13. The Kier molecular flexibility index (Phi) is 4.85. The summed E-state index contributed by atoms with van der Waals surface area (Å²) in [6.07, 6.45) is 0.766. The minimum absolute atomic E-state index is 0.109. The monoisotopic (exact) mass is 304 g/mol. The number of carbonyl (C=O) groups excluding carboxylic acids is 1. The maximum atomic E-state index is 12.1. The van der Waals surface area contributed by atoms with Crippen molar-refractivity contribution in [2.45, 2.75) is 33.6 Å². The minimum atomic E-state index is -0.512. The molecule has 1 aromatic heterocycles. The lowest BCUT2D eigenvalue weighted by molar-refractivity contribution is -0.139. The summed E-state index contributed by atoms with van der Waals surface area (Å²) in [4.78, 5) is 23.6. The van der Waals surface area contributed by atoms with Gasteiger partial charge in [0.15, 0.2) is 0 Å². The van der Waals surface area contributed by atoms with Gasteiger partial charge in [-0.25, -0.2) is 4.79 Å². The first-order valence-electron chi connectivity index (χ1n) is 7.24. The van der Waals surface area contributed by atoms with E-state index in [1.807, 2.05) is 19.9 Å². The van der Waals surface area contributed by atoms with Crippen LogP contribution < -0.4 is 10.4 Å². The standard InChI is InChI=1S/C17H20O5/c1-5-6-21-13-7-10(2)8-14-16(13)11(3)12(17(19)22-14)9-15(18)20-4/h7-8H,5-6,9H2,1-4H3. The second-order valence-corrected chi connectivity index (χ2v) is 5.23. The van der Waals surface area contributed by atoms with Crippen LogP contribution in [0.25, 0.3) is 11.0 Å². The molecule has 0 saturated carbocycles. The zero-order chi connectivity index (χ0) is 16.3. The van der Waals surface area contributed by atoms with Gasteiger partial charge in [-0.05, 0) is 43.5 Å². The van der Waals surface area contributed by atoms with Gasteiger partial charge < -0.3 is 13.9 Å². The molecule has 0 aliphatic heterocycles. The Labute approximate surface area is 128 Å². The quantitative estimate of drug-likeness (QED) is 0.627. The Balaban J connectivity index is 2.67. The molecule has 0 aliphatic carbocycles. The fraction of sp³-hybridized carbons (Fsp3) is 0.412. The van der Waals surface area contributed by atoms with Crippen LogP contribution in [0.1, 0.15) is 30.0 Å². The predicted molar refractivity (Wildman–Crippen MR) is 83.5 cm³/mol. The second-order valence-electron chi connectivity index (χ2n) is 5.23. The van der Waals surface area contributed by atoms with Crippen LogP contribution in [0.5, 0.6) is 5.75 Å². The Morgan fingerprint density at radius 3 is 2.64 bits per heavy atom. The van der Waals surface area contributed by atoms with Gasteiger partial charge >= 0.3 is 11.6 Å². The molecule has 5 heteroatoms. The van der Waals surface area contributed by atoms with E-state index >= 15 is 0 Å². The van der Waals surface area contributed by atoms with Crippen LogP contribution >= 0.6 is 0 Å². The van der Waals surface area contributed by atoms with Crippen molar-refractivity contribution in [3.8, 4) is 5.75 Å². The third-order valence-corrected chi connectivity index (χ3v) is 3.50. The summed E-state index contributed by atoms with van der Waals surface area (Å²) in [5, 5.41) is 0.734. The van der Waals surface area contributed by atoms with Crippen LogP contribution in [0.3, 0.4) is 0 Å². The minimum Gasteiger partial charge on any atom is -0.493 e. The number of hydrogen-bond acceptors (Lipinski definition) is 5. The molecule has 0 amide bonds. The van der Waals surface area contributed by atoms with Crippen LogP contribution in [0.2, 0.25) is 0 Å². The van der Waals surface area contributed by atoms with Crippen LogP contribution in [-0.4, -0.2) is 19.7 Å². The van der Waals surface area contributed by atoms with Crippen molar-refractivity contribution >= 4 is 16.9 Å². The average Bonchev–Trinajstić information content (AvgIpc) is 2.48. The summed E-state index contributed by atoms with van der Waals surface area (Å²) in [7, 11) is 1.29. The van der Waals surface area contributed by atoms with Crippen molar-refractivity contribution in [1.82, 2.24) is 0 Å². The first-order valence-corrected chi connectivity index (χ1v) is 7.24. The maximum absolute atomic E-state index is 12.1. The molecule has 0 aliphatic rings. The van der Waals surface area contributed by atoms with Gasteiger partial charge in [0.2, 0.25) is 0 Å². The summed E-state index contributed by atoms with van der Waals surface area (Å²) < 4.78 is 15.8. The lowest BCUT2D eigenvalue weighted by atomic mass is 10.0. The smallest absolute Gasteiger partial charge is 0.340 e. The van der Waals surface area contributed by atoms with Gasteiger partial charge in [-0.1, -0.05) is 6.92 Å². The van der Waals surface area contributed by atoms with E-state index in [4.69, 9.17) is 9.15 Å². The molecule has 0 saturated heterocycles. The van der Waals surface area contributed by atoms with Crippen molar-refractivity contribution in [3.63, 3.8) is 0 Å². The van der Waals surface area contributed by atoms with E-state index in [1.165, 1.54) is 7.11 Å². The number of aryl methyl sites for hydroxylation is 2. The zero-order valence-corrected chi connectivity index (χ0v) is 13.3. The second kappa shape index (κ2) is 6.64. The van der Waals surface area contributed by atoms with Gasteiger partial charge in [0.1, 0.15) is 11.3 Å². The Morgan fingerprint density at radius 2 is 2.00 bits per heavy atom. The maximum Gasteiger partial charge on any atom is 0.340 e. The summed E-state index contributed by atoms with van der Waals surface area (Å²) in [5.41, 5.74) is 1.92. The lowest BCUT2D eigenvalue weighted by Gasteiger charge is -2.13. The molecule has 0 unspecified atom stereocenters. The van der Waals surface area contributed by atoms with Crippen molar-refractivity contribution in [2.75, 3.05) is 13.7 Å². The molecule has 0 atom stereocenters. The average molecular weight is 304 g/mol. The van der Waals surface area contributed by atoms with E-state index in [-0.39, 0.29) is 6.42 Å². The molecule has 0 bridgehead atoms. The highest BCUT2D eigenvalue weighted by Crippen LogP contribution is 2.31. The summed E-state index contributed by atoms with van der Waals surface area (Å²) in [6.45, 7) is 6.30. The SMILES string of the molecule is CCCOc1cc(C)cc2oc(=O)c(CC(=O)OC)c(C)c12. The highest BCUT2D eigenvalue weighted by Gasteiger charge is 2.18. The molecule has 5 nitrogen and oxygen atoms in total. The molecule has 1 aromatic carbocycles. The summed E-state index contributed by atoms with van der Waals surface area (Å²) in [6, 6.07) is 3.71. The summed E-state index contributed by atoms with van der Waals surface area (Å²) >= 11 is 0. The molecule has 118 valence electrons. The molecule has 2 aromatic rings. The predicted octanol–water partition coefficient (Wildman–Crippen LogP) is 2.91. The third-order valence-electron chi connectivity index (χ3n) is 3.50. The summed E-state index contributed by atoms with van der Waals surface area (Å²) in [5.74, 6) is 0.196. The topological polar surface area (TPSA) is 65.7 Å². The van der Waals surface area contributed by atoms with Crippen LogP contribution in [-0.2, 0) is 16.0 Å². The van der Waals surface area contributed by atoms with Crippen LogP contribution in [0, 0.1) is 13.8 Å². The zero-order valence-electron chi connectivity index (χ0n) is 13.3. The van der Waals surface area contributed by atoms with E-state index < -0.39 is 11.6 Å². The number of fused-ring (bicyclic) bond motifs is 1. The van der Waals surface area contributed by atoms with E-state index in [0.717, 1.165) is 17.4 Å². The number of methoxy groups -OCH3 is 1. The molecule has 0 fully saturated rings. The van der Waals surface area contributed by atoms with Crippen LogP contribution in [0.4, 0.5) is 0 Å². The van der Waals surface area contributed by atoms with E-state index in [2.05, 4.69) is 4.74 Å². The molecule has 1 heterocycles. The van der Waals surface area contributed by atoms with Gasteiger partial charge in [0.05, 0.1) is 31.1 Å². The van der Waals surface area contributed by atoms with E-state index in [1.54, 1.807) is 13.0 Å². The Bertz CT molecular complexity index is 758. The van der Waals surface area contributed by atoms with Gasteiger partial charge in [0, 0.05) is 0 Å². The number of carbonyl (C=O) groups is 1. The molecular weight excluding hydrogens is 284 g/mol. The van der Waals surface area contributed by atoms with Crippen molar-refractivity contribution < 1.29 is 18.7 Å². The molecule has 0 radical (unpaired) electrons. The van der Waals surface area contributed by atoms with Gasteiger partial charge in [-0.2, -0.15) is 0 Å². The fourth-order valence-corrected chi connectivity index (χ4v) is 2.38. The first kappa shape index (κ1) is 16.1. The number of ether oxygens (including phenoxy) is 2. The van der Waals surface area contributed by atoms with Gasteiger partial charge in [0.25, 0.3) is 0 Å². The largest absolute Gasteiger partial charge is 0.493 e. The molecular formula is C17H20O5. The lowest BCUT2D eigenvalue weighted by Crippen LogP contribution is -2.16. The highest BCUT2D eigenvalue weighted by molar-refractivity contribution is 5.89. The van der Waals surface area contributed by atoms with Crippen molar-refractivity contribution in [3.05, 3.63) is 39.2 Å². The fourth-order valence-electron chi connectivity index (χ4n) is 2.38. The van der Waals surface area contributed by atoms with E-state index in [9.17, 15) is 9.59 Å². The van der Waals surface area contributed by atoms with Gasteiger partial charge in [-0.15, -0.1) is 0 Å². The molecule has 0 spiro atoms. The van der Waals surface area contributed by atoms with Crippen molar-refractivity contribution in [1.29, 1.82) is 0 Å². The molecule has 2 rings (SSSR count). The van der Waals surface area contributed by atoms with Crippen molar-refractivity contribution in [2.24, 2.45) is 0 Å². The number of esters is 1. The Morgan fingerprint density at radius 1 is 1.27 bits per heavy atom. The number of rotatable bonds is 5. The van der Waals surface area contributed by atoms with E-state index in [0.29, 0.717) is 29.1 Å². The first-order chi connectivity index (χ1) is 10.5. The normalized spacial score (nSPS) is 10.7.